The predicted molar refractivity (Wildman–Crippen MR) is 139 cm³/mol. The second-order valence-electron chi connectivity index (χ2n) is 7.70. The summed E-state index contributed by atoms with van der Waals surface area (Å²) in [6.45, 7) is 1.37. The first-order valence-corrected chi connectivity index (χ1v) is 12.5. The fourth-order valence-electron chi connectivity index (χ4n) is 3.90. The van der Waals surface area contributed by atoms with Crippen LogP contribution in [0.2, 0.25) is 0 Å². The van der Waals surface area contributed by atoms with Gasteiger partial charge in [0.1, 0.15) is 6.61 Å². The molecule has 0 aliphatic carbocycles. The van der Waals surface area contributed by atoms with Crippen LogP contribution in [0.15, 0.2) is 48.5 Å². The molecule has 2 aliphatic heterocycles. The fraction of sp³-hybridized carbons (Fsp3) is 0.318. The molecule has 3 amide bonds. The van der Waals surface area contributed by atoms with E-state index in [4.69, 9.17) is 4.74 Å². The maximum absolute atomic E-state index is 12.6. The Morgan fingerprint density at radius 2 is 1.73 bits per heavy atom. The first-order valence-electron chi connectivity index (χ1n) is 10.2. The number of ether oxygens (including phenoxy) is 1. The van der Waals surface area contributed by atoms with Gasteiger partial charge in [-0.3, -0.25) is 19.4 Å². The molecule has 11 heteroatoms. The molecule has 2 heterocycles. The monoisotopic (exact) mass is 677 g/mol. The van der Waals surface area contributed by atoms with Crippen molar-refractivity contribution < 1.29 is 29.3 Å². The number of carbonyl (C=O) groups excluding carboxylic acids is 2. The number of aliphatic hydroxyl groups is 1. The highest BCUT2D eigenvalue weighted by atomic mass is 127. The summed E-state index contributed by atoms with van der Waals surface area (Å²) in [4.78, 5) is 41.4. The number of carbonyl (C=O) groups is 3. The van der Waals surface area contributed by atoms with Crippen LogP contribution in [-0.2, 0) is 4.74 Å². The summed E-state index contributed by atoms with van der Waals surface area (Å²) in [5.41, 5.74) is 1.95. The lowest BCUT2D eigenvalue weighted by Gasteiger charge is -2.40. The smallest absolute Gasteiger partial charge is 0.411 e. The van der Waals surface area contributed by atoms with E-state index < -0.39 is 9.82 Å². The van der Waals surface area contributed by atoms with Gasteiger partial charge in [-0.1, -0.05) is 34.7 Å². The van der Waals surface area contributed by atoms with E-state index in [0.717, 1.165) is 5.69 Å². The molecular formula is C22H21I2N3O6. The highest BCUT2D eigenvalue weighted by Gasteiger charge is 2.37. The number of alkyl halides is 2. The third-order valence-electron chi connectivity index (χ3n) is 5.50. The number of nitrogens with zero attached hydrogens (tertiary/aromatic N) is 3. The van der Waals surface area contributed by atoms with Crippen LogP contribution < -0.4 is 9.80 Å². The molecule has 2 N–H and O–H groups in total. The molecule has 33 heavy (non-hydrogen) atoms. The number of rotatable bonds is 6. The Morgan fingerprint density at radius 3 is 2.27 bits per heavy atom. The van der Waals surface area contributed by atoms with Crippen LogP contribution in [0.4, 0.5) is 16.2 Å². The van der Waals surface area contributed by atoms with E-state index in [2.05, 4.69) is 22.6 Å². The van der Waals surface area contributed by atoms with Crippen LogP contribution in [-0.4, -0.2) is 73.5 Å². The number of hydrogen-bond donors (Lipinski definition) is 2. The van der Waals surface area contributed by atoms with Crippen molar-refractivity contribution >= 4 is 74.5 Å². The van der Waals surface area contributed by atoms with Crippen molar-refractivity contribution in [1.82, 2.24) is 4.90 Å². The zero-order chi connectivity index (χ0) is 23.8. The third kappa shape index (κ3) is 4.95. The number of amides is 3. The second-order valence-corrected chi connectivity index (χ2v) is 11.2. The SMILES string of the molecule is O=C1c2ccccc2C(=O)N1C[C@H](I)CN(C(=O)O)c1ccc(N2CCOCC2(O)I)cc1. The molecule has 2 atom stereocenters. The molecule has 1 fully saturated rings. The largest absolute Gasteiger partial charge is 0.465 e. The number of benzene rings is 2. The normalized spacial score (nSPS) is 21.2. The van der Waals surface area contributed by atoms with Gasteiger partial charge in [0.05, 0.1) is 17.7 Å². The number of anilines is 2. The average Bonchev–Trinajstić information content (AvgIpc) is 3.02. The van der Waals surface area contributed by atoms with Gasteiger partial charge in [-0.15, -0.1) is 0 Å². The third-order valence-corrected chi connectivity index (χ3v) is 7.18. The minimum atomic E-state index is -1.18. The summed E-state index contributed by atoms with van der Waals surface area (Å²) in [5.74, 6) is -0.722. The average molecular weight is 677 g/mol. The van der Waals surface area contributed by atoms with Crippen LogP contribution in [0.5, 0.6) is 0 Å². The molecule has 0 radical (unpaired) electrons. The first kappa shape index (κ1) is 24.2. The number of halogens is 2. The van der Waals surface area contributed by atoms with Crippen molar-refractivity contribution in [3.63, 3.8) is 0 Å². The number of fused-ring (bicyclic) bond motifs is 1. The lowest BCUT2D eigenvalue weighted by atomic mass is 10.1. The molecule has 9 nitrogen and oxygen atoms in total. The van der Waals surface area contributed by atoms with Crippen molar-refractivity contribution in [2.75, 3.05) is 42.6 Å². The summed E-state index contributed by atoms with van der Waals surface area (Å²) >= 11 is 3.99. The van der Waals surface area contributed by atoms with Gasteiger partial charge in [0.25, 0.3) is 11.8 Å². The summed E-state index contributed by atoms with van der Waals surface area (Å²) in [6.07, 6.45) is -1.14. The molecule has 2 aromatic rings. The van der Waals surface area contributed by atoms with Crippen LogP contribution in [0.1, 0.15) is 20.7 Å². The van der Waals surface area contributed by atoms with E-state index in [-0.39, 0.29) is 35.4 Å². The van der Waals surface area contributed by atoms with E-state index in [0.29, 0.717) is 30.0 Å². The minimum absolute atomic E-state index is 0.0937. The van der Waals surface area contributed by atoms with E-state index in [1.54, 1.807) is 53.4 Å². The topological polar surface area (TPSA) is 111 Å². The molecule has 1 unspecified atom stereocenters. The van der Waals surface area contributed by atoms with E-state index in [1.807, 2.05) is 22.6 Å². The standard InChI is InChI=1S/C22H21I2N3O6/c23-14(12-26-19(28)17-3-1-2-4-18(17)20(26)29)11-25(21(30)31)15-5-7-16(8-6-15)27-9-10-33-13-22(27,24)32/h1-8,14,32H,9-13H2,(H,30,31)/t14-,22?/m1/s1. The number of morpholine rings is 1. The molecule has 0 bridgehead atoms. The fourth-order valence-corrected chi connectivity index (χ4v) is 5.43. The van der Waals surface area contributed by atoms with Crippen molar-refractivity contribution in [2.45, 2.75) is 7.66 Å². The maximum Gasteiger partial charge on any atom is 0.411 e. The van der Waals surface area contributed by atoms with Crippen molar-refractivity contribution in [3.05, 3.63) is 59.7 Å². The number of hydrogen-bond acceptors (Lipinski definition) is 6. The summed E-state index contributed by atoms with van der Waals surface area (Å²) in [5, 5.41) is 20.3. The van der Waals surface area contributed by atoms with E-state index in [1.165, 1.54) is 9.80 Å². The maximum atomic E-state index is 12.6. The Balaban J connectivity index is 1.45. The molecule has 2 aliphatic rings. The van der Waals surface area contributed by atoms with Crippen molar-refractivity contribution in [2.24, 2.45) is 0 Å². The lowest BCUT2D eigenvalue weighted by molar-refractivity contribution is -0.00445. The van der Waals surface area contributed by atoms with Gasteiger partial charge in [-0.2, -0.15) is 0 Å². The Labute approximate surface area is 217 Å². The second kappa shape index (κ2) is 9.72. The molecule has 0 spiro atoms. The predicted octanol–water partition coefficient (Wildman–Crippen LogP) is 3.19. The van der Waals surface area contributed by atoms with Crippen molar-refractivity contribution in [3.8, 4) is 0 Å². The minimum Gasteiger partial charge on any atom is -0.465 e. The van der Waals surface area contributed by atoms with Gasteiger partial charge in [-0.05, 0) is 59.0 Å². The van der Waals surface area contributed by atoms with Gasteiger partial charge in [0.2, 0.25) is 3.73 Å². The highest BCUT2D eigenvalue weighted by molar-refractivity contribution is 14.1. The molecule has 2 aromatic carbocycles. The Bertz CT molecular complexity index is 1040. The Morgan fingerprint density at radius 1 is 1.12 bits per heavy atom. The van der Waals surface area contributed by atoms with Crippen LogP contribution >= 0.6 is 45.2 Å². The summed E-state index contributed by atoms with van der Waals surface area (Å²) in [7, 11) is 0. The molecule has 174 valence electrons. The zero-order valence-corrected chi connectivity index (χ0v) is 21.7. The summed E-state index contributed by atoms with van der Waals surface area (Å²) in [6, 6.07) is 13.5. The molecule has 4 rings (SSSR count). The van der Waals surface area contributed by atoms with Gasteiger partial charge < -0.3 is 19.8 Å². The van der Waals surface area contributed by atoms with Gasteiger partial charge in [0, 0.05) is 34.9 Å². The van der Waals surface area contributed by atoms with E-state index in [9.17, 15) is 24.6 Å². The molecule has 1 saturated heterocycles. The Hall–Kier alpha value is -1.97. The number of imide groups is 1. The van der Waals surface area contributed by atoms with Gasteiger partial charge in [0.15, 0.2) is 0 Å². The van der Waals surface area contributed by atoms with E-state index >= 15 is 0 Å². The highest BCUT2D eigenvalue weighted by Crippen LogP contribution is 2.32. The number of carboxylic acid groups (broad SMARTS) is 1. The molecular weight excluding hydrogens is 656 g/mol. The van der Waals surface area contributed by atoms with Crippen LogP contribution in [0.25, 0.3) is 0 Å². The van der Waals surface area contributed by atoms with Crippen LogP contribution in [0, 0.1) is 0 Å². The van der Waals surface area contributed by atoms with Gasteiger partial charge >= 0.3 is 6.09 Å². The molecule has 0 aromatic heterocycles. The Kier molecular flexibility index (Phi) is 7.12. The molecule has 0 saturated carbocycles. The lowest BCUT2D eigenvalue weighted by Crippen LogP contribution is -2.53. The van der Waals surface area contributed by atoms with Crippen molar-refractivity contribution in [1.29, 1.82) is 0 Å². The zero-order valence-electron chi connectivity index (χ0n) is 17.4. The van der Waals surface area contributed by atoms with Crippen LogP contribution in [0.3, 0.4) is 0 Å². The quantitative estimate of drug-likeness (QED) is 0.209. The van der Waals surface area contributed by atoms with Gasteiger partial charge in [-0.25, -0.2) is 4.79 Å². The first-order chi connectivity index (χ1) is 15.7. The summed E-state index contributed by atoms with van der Waals surface area (Å²) < 4.78 is 3.83.